The molecule has 0 aromatic heterocycles. The Balaban J connectivity index is 1.41. The summed E-state index contributed by atoms with van der Waals surface area (Å²) in [5, 5.41) is 22.8. The number of hydrogen-bond donors (Lipinski definition) is 9. The molecule has 0 spiro atoms. The van der Waals surface area contributed by atoms with Gasteiger partial charge in [0.1, 0.15) is 71.1 Å². The number of nitrogens with two attached hydrogens (primary N) is 1. The van der Waals surface area contributed by atoms with Crippen LogP contribution in [0.2, 0.25) is 0 Å². The molecule has 6 rings (SSSR count). The topological polar surface area (TPSA) is 342 Å². The van der Waals surface area contributed by atoms with Crippen molar-refractivity contribution in [2.24, 2.45) is 17.6 Å². The van der Waals surface area contributed by atoms with Crippen LogP contribution in [-0.4, -0.2) is 184 Å². The summed E-state index contributed by atoms with van der Waals surface area (Å²) in [6, 6.07) is 17.6. The van der Waals surface area contributed by atoms with Gasteiger partial charge >= 0.3 is 0 Å². The molecule has 1 saturated heterocycles. The summed E-state index contributed by atoms with van der Waals surface area (Å²) < 4.78 is 27.5. The highest BCUT2D eigenvalue weighted by molar-refractivity contribution is 7.98. The monoisotopic (exact) mass is 1410 g/mol. The van der Waals surface area contributed by atoms with E-state index in [9.17, 15) is 28.8 Å². The van der Waals surface area contributed by atoms with E-state index in [2.05, 4.69) is 42.5 Å². The van der Waals surface area contributed by atoms with Crippen molar-refractivity contribution >= 4 is 82.6 Å². The molecule has 11 atom stereocenters. The Bertz CT molecular complexity index is 3380. The molecule has 540 valence electrons. The zero-order valence-electron chi connectivity index (χ0n) is 58.8. The van der Waals surface area contributed by atoms with Crippen LogP contribution in [0.3, 0.4) is 0 Å². The molecule has 2 aliphatic heterocycles. The summed E-state index contributed by atoms with van der Waals surface area (Å²) in [4.78, 5) is 148. The molecular formula is C72H100N10O15S2. The fraction of sp³-hybridized carbons (Fsp3) is 0.528. The zero-order chi connectivity index (χ0) is 72.5. The summed E-state index contributed by atoms with van der Waals surface area (Å²) in [5.74, 6) is -4.56. The van der Waals surface area contributed by atoms with Crippen molar-refractivity contribution in [3.05, 3.63) is 125 Å². The number of amides is 10. The molecule has 2 bridgehead atoms. The lowest BCUT2D eigenvalue weighted by molar-refractivity contribution is -0.147. The van der Waals surface area contributed by atoms with E-state index in [0.29, 0.717) is 57.6 Å². The second kappa shape index (κ2) is 38.8. The first kappa shape index (κ1) is 79.6. The number of ether oxygens (including phenoxy) is 5. The molecule has 10 amide bonds. The minimum Gasteiger partial charge on any atom is -0.497 e. The van der Waals surface area contributed by atoms with Crippen LogP contribution in [0.25, 0.3) is 0 Å². The van der Waals surface area contributed by atoms with Crippen LogP contribution in [0, 0.1) is 11.8 Å². The average Bonchev–Trinajstić information content (AvgIpc) is 1.68. The normalized spacial score (nSPS) is 24.3. The number of methoxy groups -OCH3 is 5. The fourth-order valence-electron chi connectivity index (χ4n) is 11.6. The summed E-state index contributed by atoms with van der Waals surface area (Å²) in [5.41, 5.74) is 8.08. The van der Waals surface area contributed by atoms with Crippen molar-refractivity contribution in [2.75, 3.05) is 53.6 Å². The number of nitrogens with zero attached hydrogens (tertiary/aromatic N) is 1. The highest BCUT2D eigenvalue weighted by Gasteiger charge is 2.49. The summed E-state index contributed by atoms with van der Waals surface area (Å²) >= 11 is 2.87. The van der Waals surface area contributed by atoms with E-state index < -0.39 is 125 Å². The lowest BCUT2D eigenvalue weighted by Crippen LogP contribution is -2.64. The van der Waals surface area contributed by atoms with Crippen LogP contribution in [0.4, 0.5) is 0 Å². The second-order valence-corrected chi connectivity index (χ2v) is 28.2. The molecule has 25 nitrogen and oxygen atoms in total. The van der Waals surface area contributed by atoms with E-state index in [1.165, 1.54) is 64.0 Å². The predicted molar refractivity (Wildman–Crippen MR) is 379 cm³/mol. The van der Waals surface area contributed by atoms with Crippen LogP contribution < -0.4 is 62.5 Å². The number of benzene rings is 4. The van der Waals surface area contributed by atoms with Crippen molar-refractivity contribution in [3.8, 4) is 17.2 Å². The van der Waals surface area contributed by atoms with Gasteiger partial charge in [-0.2, -0.15) is 23.5 Å². The first-order valence-corrected chi connectivity index (χ1v) is 35.7. The third kappa shape index (κ3) is 23.9. The Morgan fingerprint density at radius 3 is 1.37 bits per heavy atom. The predicted octanol–water partition coefficient (Wildman–Crippen LogP) is 4.22. The molecule has 2 heterocycles. The van der Waals surface area contributed by atoms with Crippen molar-refractivity contribution in [3.63, 3.8) is 0 Å². The Labute approximate surface area is 589 Å². The highest BCUT2D eigenvalue weighted by atomic mass is 32.2. The van der Waals surface area contributed by atoms with E-state index in [1.54, 1.807) is 93.6 Å². The van der Waals surface area contributed by atoms with Gasteiger partial charge in [-0.25, -0.2) is 0 Å². The number of hydrogen-bond acceptors (Lipinski definition) is 17. The highest BCUT2D eigenvalue weighted by Crippen LogP contribution is 2.32. The van der Waals surface area contributed by atoms with Crippen molar-refractivity contribution in [1.82, 2.24) is 47.4 Å². The molecule has 0 unspecified atom stereocenters. The smallest absolute Gasteiger partial charge is 0.246 e. The van der Waals surface area contributed by atoms with Crippen LogP contribution in [-0.2, 0) is 88.2 Å². The maximum absolute atomic E-state index is 15.3. The van der Waals surface area contributed by atoms with Gasteiger partial charge in [-0.15, -0.1) is 0 Å². The maximum Gasteiger partial charge on any atom is 0.246 e. The molecule has 0 radical (unpaired) electrons. The van der Waals surface area contributed by atoms with Gasteiger partial charge in [-0.05, 0) is 123 Å². The third-order valence-electron chi connectivity index (χ3n) is 17.6. The molecular weight excluding hydrogens is 1310 g/mol. The quantitative estimate of drug-likeness (QED) is 0.0673. The minimum atomic E-state index is -1.51. The van der Waals surface area contributed by atoms with E-state index in [0.717, 1.165) is 11.1 Å². The van der Waals surface area contributed by atoms with Crippen molar-refractivity contribution in [1.29, 1.82) is 0 Å². The minimum absolute atomic E-state index is 0.0275. The number of carbonyl (C=O) groups excluding carboxylic acids is 10. The van der Waals surface area contributed by atoms with Gasteiger partial charge in [0.25, 0.3) is 0 Å². The standard InChI is InChI=1S/C72H100N10O15S2/c1-42(2)33-54-64(85)75-57(37-47-19-25-52(96-11)26-20-47)66(87)76-56(36-46-17-23-51(95-10)24-18-46)65(86)74-55(34-43(3)4)67(88)81-62(45(6)94-9)69(90)78-58(38-48-21-27-53(97-12)28-22-48)70(91)82-31-14-30-72(82,7)71(92)79-59(63(73)84)41-99-40-50-16-13-15-49(35-50)39-98-32-29-60(83)80-61(44(5)93-8)68(89)77-54/h13,15-28,35,42-45,54-59,61-62H,14,29-34,36-41H2,1-12H3,(H2,73,84)(H,74,86)(H,75,85)(H,76,87)(H,77,89)(H,78,90)(H,79,92)(H,80,83)(H,81,88)/t44-,45-,54+,55+,56+,57+,58+,59+,61+,62+,72+/m1/s1. The molecule has 99 heavy (non-hydrogen) atoms. The van der Waals surface area contributed by atoms with Crippen molar-refractivity contribution in [2.45, 2.75) is 177 Å². The molecule has 27 heteroatoms. The molecule has 4 aromatic rings. The zero-order valence-corrected chi connectivity index (χ0v) is 60.5. The van der Waals surface area contributed by atoms with Gasteiger partial charge in [-0.1, -0.05) is 88.4 Å². The van der Waals surface area contributed by atoms with Crippen LogP contribution >= 0.6 is 23.5 Å². The van der Waals surface area contributed by atoms with E-state index in [-0.39, 0.29) is 69.1 Å². The van der Waals surface area contributed by atoms with Gasteiger partial charge in [0.15, 0.2) is 0 Å². The number of carbonyl (C=O) groups is 10. The van der Waals surface area contributed by atoms with Gasteiger partial charge in [0.05, 0.1) is 33.5 Å². The molecule has 4 aromatic carbocycles. The first-order valence-electron chi connectivity index (χ1n) is 33.4. The van der Waals surface area contributed by atoms with Gasteiger partial charge in [0, 0.05) is 69.5 Å². The Morgan fingerprint density at radius 2 is 0.929 bits per heavy atom. The molecule has 10 N–H and O–H groups in total. The lowest BCUT2D eigenvalue weighted by Gasteiger charge is -2.37. The Kier molecular flexibility index (Phi) is 31.2. The summed E-state index contributed by atoms with van der Waals surface area (Å²) in [7, 11) is 7.25. The van der Waals surface area contributed by atoms with Crippen LogP contribution in [0.1, 0.15) is 108 Å². The molecule has 0 aliphatic carbocycles. The fourth-order valence-corrected chi connectivity index (χ4v) is 13.5. The van der Waals surface area contributed by atoms with Crippen LogP contribution in [0.5, 0.6) is 17.2 Å². The SMILES string of the molecule is COc1ccc(C[C@@H]2NC(=O)[C@H](Cc3ccc(OC)cc3)NC(=O)[C@H](CC(C)C)NC(=O)[C@H]([C@@H](C)OC)NC(=O)CCSCc3cccc(c3)CSC[C@@H](C(N)=O)NC(=O)[C@]3(C)CCCN3C(=O)[C@H](Cc3ccc(OC)cc3)NC(=O)[C@H]([C@@H](C)OC)NC(=O)[C@H](CC(C)C)NC2=O)cc1. The maximum atomic E-state index is 15.3. The number of thioether (sulfide) groups is 2. The van der Waals surface area contributed by atoms with Gasteiger partial charge in [0.2, 0.25) is 59.1 Å². The molecule has 0 saturated carbocycles. The second-order valence-electron chi connectivity index (χ2n) is 26.1. The number of rotatable bonds is 18. The summed E-state index contributed by atoms with van der Waals surface area (Å²) in [6.07, 6.45) is -1.46. The lowest BCUT2D eigenvalue weighted by atomic mass is 9.95. The number of nitrogens with one attached hydrogen (secondary N) is 8. The third-order valence-corrected chi connectivity index (χ3v) is 19.7. The largest absolute Gasteiger partial charge is 0.497 e. The molecule has 2 aliphatic rings. The number of fused-ring (bicyclic) bond motifs is 3. The summed E-state index contributed by atoms with van der Waals surface area (Å²) in [6.45, 7) is 12.3. The van der Waals surface area contributed by atoms with E-state index in [4.69, 9.17) is 29.4 Å². The Hall–Kier alpha value is -8.40. The Morgan fingerprint density at radius 1 is 0.525 bits per heavy atom. The van der Waals surface area contributed by atoms with Gasteiger partial charge in [-0.3, -0.25) is 47.9 Å². The van der Waals surface area contributed by atoms with E-state index in [1.807, 2.05) is 52.0 Å². The average molecular weight is 1410 g/mol. The van der Waals surface area contributed by atoms with Crippen molar-refractivity contribution < 1.29 is 71.6 Å². The van der Waals surface area contributed by atoms with E-state index >= 15 is 19.2 Å². The van der Waals surface area contributed by atoms with Gasteiger partial charge < -0.3 is 76.9 Å². The molecule has 1 fully saturated rings. The van der Waals surface area contributed by atoms with Crippen LogP contribution in [0.15, 0.2) is 97.1 Å². The number of primary amides is 1. The first-order chi connectivity index (χ1) is 47.2.